The molecular formula is C12H26N2O2. The number of hydrogen-bond acceptors (Lipinski definition) is 3. The van der Waals surface area contributed by atoms with Crippen molar-refractivity contribution in [3.63, 3.8) is 0 Å². The smallest absolute Gasteiger partial charge is 0.237 e. The summed E-state index contributed by atoms with van der Waals surface area (Å²) in [6.45, 7) is 8.03. The van der Waals surface area contributed by atoms with Crippen LogP contribution in [-0.2, 0) is 9.53 Å². The normalized spacial score (nSPS) is 14.5. The van der Waals surface area contributed by atoms with E-state index < -0.39 is 6.04 Å². The molecule has 0 spiro atoms. The third kappa shape index (κ3) is 6.80. The Morgan fingerprint density at radius 2 is 2.06 bits per heavy atom. The summed E-state index contributed by atoms with van der Waals surface area (Å²) < 4.78 is 5.34. The molecule has 1 amide bonds. The van der Waals surface area contributed by atoms with E-state index in [0.717, 1.165) is 25.9 Å². The summed E-state index contributed by atoms with van der Waals surface area (Å²) in [5, 5.41) is 2.79. The van der Waals surface area contributed by atoms with Crippen LogP contribution in [0.1, 0.15) is 40.0 Å². The molecule has 0 bridgehead atoms. The van der Waals surface area contributed by atoms with E-state index in [2.05, 4.69) is 12.2 Å². The largest absolute Gasteiger partial charge is 0.380 e. The van der Waals surface area contributed by atoms with Crippen LogP contribution in [-0.4, -0.2) is 31.7 Å². The minimum Gasteiger partial charge on any atom is -0.380 e. The third-order valence-corrected chi connectivity index (χ3v) is 2.75. The van der Waals surface area contributed by atoms with Gasteiger partial charge in [-0.3, -0.25) is 4.79 Å². The zero-order valence-electron chi connectivity index (χ0n) is 10.8. The van der Waals surface area contributed by atoms with Gasteiger partial charge in [0.05, 0.1) is 12.6 Å². The second kappa shape index (κ2) is 9.60. The fourth-order valence-corrected chi connectivity index (χ4v) is 1.23. The summed E-state index contributed by atoms with van der Waals surface area (Å²) in [5.41, 5.74) is 5.78. The topological polar surface area (TPSA) is 64.3 Å². The number of nitrogens with two attached hydrogens (primary N) is 1. The van der Waals surface area contributed by atoms with Crippen molar-refractivity contribution >= 4 is 5.91 Å². The van der Waals surface area contributed by atoms with E-state index in [-0.39, 0.29) is 11.8 Å². The lowest BCUT2D eigenvalue weighted by Gasteiger charge is -2.17. The van der Waals surface area contributed by atoms with Gasteiger partial charge in [0.1, 0.15) is 0 Å². The molecule has 0 fully saturated rings. The van der Waals surface area contributed by atoms with Gasteiger partial charge in [0, 0.05) is 13.2 Å². The molecule has 0 saturated heterocycles. The van der Waals surface area contributed by atoms with Crippen molar-refractivity contribution in [1.29, 1.82) is 0 Å². The molecule has 0 aliphatic carbocycles. The molecule has 0 aromatic heterocycles. The maximum atomic E-state index is 11.5. The highest BCUT2D eigenvalue weighted by Crippen LogP contribution is 2.04. The number of rotatable bonds is 9. The van der Waals surface area contributed by atoms with Crippen LogP contribution in [0.3, 0.4) is 0 Å². The molecular weight excluding hydrogens is 204 g/mol. The second-order valence-corrected chi connectivity index (χ2v) is 4.17. The van der Waals surface area contributed by atoms with Crippen molar-refractivity contribution in [2.24, 2.45) is 11.7 Å². The van der Waals surface area contributed by atoms with E-state index in [1.165, 1.54) is 0 Å². The molecule has 0 aromatic carbocycles. The van der Waals surface area contributed by atoms with E-state index in [1.54, 1.807) is 0 Å². The Labute approximate surface area is 98.9 Å². The van der Waals surface area contributed by atoms with Crippen molar-refractivity contribution < 1.29 is 9.53 Å². The molecule has 3 N–H and O–H groups in total. The lowest BCUT2D eigenvalue weighted by molar-refractivity contribution is -0.123. The van der Waals surface area contributed by atoms with Crippen molar-refractivity contribution in [3.8, 4) is 0 Å². The number of nitrogens with one attached hydrogen (secondary N) is 1. The van der Waals surface area contributed by atoms with Crippen molar-refractivity contribution in [2.45, 2.75) is 46.1 Å². The molecule has 4 heteroatoms. The SMILES string of the molecule is CCCCOCCNC(=O)[C@@H](N)C(C)CC. The van der Waals surface area contributed by atoms with Crippen LogP contribution in [0.4, 0.5) is 0 Å². The Bertz CT molecular complexity index is 186. The Balaban J connectivity index is 3.50. The predicted octanol–water partition coefficient (Wildman–Crippen LogP) is 1.29. The molecule has 0 aliphatic rings. The van der Waals surface area contributed by atoms with E-state index in [9.17, 15) is 4.79 Å². The zero-order chi connectivity index (χ0) is 12.4. The summed E-state index contributed by atoms with van der Waals surface area (Å²) in [6, 6.07) is -0.402. The first kappa shape index (κ1) is 15.4. The molecule has 4 nitrogen and oxygen atoms in total. The molecule has 0 aromatic rings. The Morgan fingerprint density at radius 3 is 2.62 bits per heavy atom. The van der Waals surface area contributed by atoms with E-state index in [0.29, 0.717) is 13.2 Å². The summed E-state index contributed by atoms with van der Waals surface area (Å²) in [6.07, 6.45) is 3.12. The van der Waals surface area contributed by atoms with Gasteiger partial charge in [-0.25, -0.2) is 0 Å². The lowest BCUT2D eigenvalue weighted by atomic mass is 9.99. The van der Waals surface area contributed by atoms with Gasteiger partial charge in [-0.05, 0) is 12.3 Å². The standard InChI is InChI=1S/C12H26N2O2/c1-4-6-8-16-9-7-14-12(15)11(13)10(3)5-2/h10-11H,4-9,13H2,1-3H3,(H,14,15)/t10?,11-/m0/s1. The molecule has 0 radical (unpaired) electrons. The maximum Gasteiger partial charge on any atom is 0.237 e. The van der Waals surface area contributed by atoms with Crippen molar-refractivity contribution in [1.82, 2.24) is 5.32 Å². The summed E-state index contributed by atoms with van der Waals surface area (Å²) in [5.74, 6) is 0.148. The minimum absolute atomic E-state index is 0.0755. The van der Waals surface area contributed by atoms with Crippen LogP contribution < -0.4 is 11.1 Å². The van der Waals surface area contributed by atoms with Gasteiger partial charge in [-0.15, -0.1) is 0 Å². The molecule has 2 atom stereocenters. The van der Waals surface area contributed by atoms with Gasteiger partial charge in [-0.1, -0.05) is 33.6 Å². The third-order valence-electron chi connectivity index (χ3n) is 2.75. The van der Waals surface area contributed by atoms with Crippen LogP contribution in [0.25, 0.3) is 0 Å². The summed E-state index contributed by atoms with van der Waals surface area (Å²) >= 11 is 0. The molecule has 0 rings (SSSR count). The second-order valence-electron chi connectivity index (χ2n) is 4.17. The van der Waals surface area contributed by atoms with Crippen LogP contribution in [0.5, 0.6) is 0 Å². The fourth-order valence-electron chi connectivity index (χ4n) is 1.23. The van der Waals surface area contributed by atoms with Crippen LogP contribution in [0, 0.1) is 5.92 Å². The fraction of sp³-hybridized carbons (Fsp3) is 0.917. The molecule has 0 aliphatic heterocycles. The lowest BCUT2D eigenvalue weighted by Crippen LogP contribution is -2.45. The molecule has 0 saturated carbocycles. The molecule has 16 heavy (non-hydrogen) atoms. The number of amides is 1. The van der Waals surface area contributed by atoms with Crippen LogP contribution in [0.2, 0.25) is 0 Å². The first-order valence-electron chi connectivity index (χ1n) is 6.24. The van der Waals surface area contributed by atoms with Gasteiger partial charge in [0.25, 0.3) is 0 Å². The average molecular weight is 230 g/mol. The van der Waals surface area contributed by atoms with Crippen molar-refractivity contribution in [3.05, 3.63) is 0 Å². The first-order valence-corrected chi connectivity index (χ1v) is 6.24. The molecule has 96 valence electrons. The van der Waals surface area contributed by atoms with Crippen LogP contribution >= 0.6 is 0 Å². The highest BCUT2D eigenvalue weighted by atomic mass is 16.5. The Kier molecular flexibility index (Phi) is 9.24. The summed E-state index contributed by atoms with van der Waals surface area (Å²) in [7, 11) is 0. The van der Waals surface area contributed by atoms with Gasteiger partial charge in [0.2, 0.25) is 5.91 Å². The highest BCUT2D eigenvalue weighted by molar-refractivity contribution is 5.81. The van der Waals surface area contributed by atoms with E-state index in [4.69, 9.17) is 10.5 Å². The monoisotopic (exact) mass is 230 g/mol. The van der Waals surface area contributed by atoms with Crippen molar-refractivity contribution in [2.75, 3.05) is 19.8 Å². The first-order chi connectivity index (χ1) is 7.63. The quantitative estimate of drug-likeness (QED) is 0.587. The van der Waals surface area contributed by atoms with Crippen LogP contribution in [0.15, 0.2) is 0 Å². The number of carbonyl (C=O) groups is 1. The van der Waals surface area contributed by atoms with Gasteiger partial charge >= 0.3 is 0 Å². The van der Waals surface area contributed by atoms with Gasteiger partial charge in [0.15, 0.2) is 0 Å². The summed E-state index contributed by atoms with van der Waals surface area (Å²) in [4.78, 5) is 11.5. The average Bonchev–Trinajstić information content (AvgIpc) is 2.31. The molecule has 1 unspecified atom stereocenters. The predicted molar refractivity (Wildman–Crippen MR) is 66.2 cm³/mol. The maximum absolute atomic E-state index is 11.5. The Hall–Kier alpha value is -0.610. The molecule has 0 heterocycles. The minimum atomic E-state index is -0.402. The Morgan fingerprint density at radius 1 is 1.38 bits per heavy atom. The zero-order valence-corrected chi connectivity index (χ0v) is 10.8. The number of ether oxygens (including phenoxy) is 1. The number of unbranched alkanes of at least 4 members (excludes halogenated alkanes) is 1. The van der Waals surface area contributed by atoms with Gasteiger partial charge in [-0.2, -0.15) is 0 Å². The van der Waals surface area contributed by atoms with E-state index in [1.807, 2.05) is 13.8 Å². The number of hydrogen-bond donors (Lipinski definition) is 2. The van der Waals surface area contributed by atoms with E-state index >= 15 is 0 Å². The number of carbonyl (C=O) groups excluding carboxylic acids is 1. The highest BCUT2D eigenvalue weighted by Gasteiger charge is 2.18. The van der Waals surface area contributed by atoms with Gasteiger partial charge < -0.3 is 15.8 Å².